The van der Waals surface area contributed by atoms with Crippen molar-refractivity contribution in [2.45, 2.75) is 31.6 Å². The Morgan fingerprint density at radius 1 is 0.952 bits per heavy atom. The van der Waals surface area contributed by atoms with Crippen LogP contribution in [-0.4, -0.2) is 8.96 Å². The van der Waals surface area contributed by atoms with Crippen LogP contribution in [0.15, 0.2) is 54.6 Å². The van der Waals surface area contributed by atoms with Gasteiger partial charge in [-0.2, -0.15) is 0 Å². The Morgan fingerprint density at radius 2 is 1.48 bits per heavy atom. The van der Waals surface area contributed by atoms with Crippen molar-refractivity contribution in [1.29, 1.82) is 0 Å². The lowest BCUT2D eigenvalue weighted by Gasteiger charge is -2.25. The Morgan fingerprint density at radius 3 is 2.00 bits per heavy atom. The van der Waals surface area contributed by atoms with Gasteiger partial charge in [-0.05, 0) is 44.0 Å². The van der Waals surface area contributed by atoms with E-state index in [9.17, 15) is 8.60 Å². The average molecular weight is 305 g/mol. The van der Waals surface area contributed by atoms with E-state index in [4.69, 9.17) is 0 Å². The molecule has 0 radical (unpaired) electrons. The van der Waals surface area contributed by atoms with Crippen LogP contribution in [0.2, 0.25) is 0 Å². The Labute approximate surface area is 128 Å². The molecule has 0 spiro atoms. The molecule has 2 aromatic carbocycles. The summed E-state index contributed by atoms with van der Waals surface area (Å²) in [4.78, 5) is 0. The van der Waals surface area contributed by atoms with Crippen LogP contribution < -0.4 is 4.72 Å². The largest absolute Gasteiger partial charge is 0.242 e. The predicted octanol–water partition coefficient (Wildman–Crippen LogP) is 3.97. The maximum atomic E-state index is 13.1. The summed E-state index contributed by atoms with van der Waals surface area (Å²) in [5.74, 6) is -0.275. The van der Waals surface area contributed by atoms with Crippen LogP contribution >= 0.6 is 0 Å². The summed E-state index contributed by atoms with van der Waals surface area (Å²) < 4.78 is 28.3. The van der Waals surface area contributed by atoms with Crippen LogP contribution in [0, 0.1) is 5.82 Å². The summed E-state index contributed by atoms with van der Waals surface area (Å²) in [7, 11) is -1.22. The molecule has 0 aliphatic carbocycles. The third-order valence-corrected chi connectivity index (χ3v) is 4.68. The van der Waals surface area contributed by atoms with Crippen molar-refractivity contribution in [3.05, 3.63) is 71.5 Å². The smallest absolute Gasteiger partial charge is 0.123 e. The fourth-order valence-corrected chi connectivity index (χ4v) is 2.75. The van der Waals surface area contributed by atoms with E-state index in [2.05, 4.69) is 4.72 Å². The van der Waals surface area contributed by atoms with E-state index in [-0.39, 0.29) is 16.6 Å². The summed E-state index contributed by atoms with van der Waals surface area (Å²) >= 11 is 0. The fourth-order valence-electron chi connectivity index (χ4n) is 1.91. The van der Waals surface area contributed by atoms with Gasteiger partial charge in [0.1, 0.15) is 5.82 Å². The highest BCUT2D eigenvalue weighted by molar-refractivity contribution is 7.84. The van der Waals surface area contributed by atoms with Gasteiger partial charge in [-0.25, -0.2) is 13.3 Å². The van der Waals surface area contributed by atoms with Gasteiger partial charge in [-0.1, -0.05) is 42.5 Å². The second-order valence-corrected chi connectivity index (χ2v) is 7.89. The Kier molecular flexibility index (Phi) is 4.91. The number of halogens is 1. The Balaban J connectivity index is 2.36. The van der Waals surface area contributed by atoms with Crippen molar-refractivity contribution in [2.24, 2.45) is 0 Å². The molecule has 0 bridgehead atoms. The van der Waals surface area contributed by atoms with Gasteiger partial charge in [-0.15, -0.1) is 0 Å². The third-order valence-electron chi connectivity index (χ3n) is 3.12. The first-order valence-electron chi connectivity index (χ1n) is 6.86. The van der Waals surface area contributed by atoms with Crippen molar-refractivity contribution in [3.8, 4) is 0 Å². The molecule has 4 heteroatoms. The van der Waals surface area contributed by atoms with Gasteiger partial charge in [0.25, 0.3) is 0 Å². The topological polar surface area (TPSA) is 29.1 Å². The van der Waals surface area contributed by atoms with Gasteiger partial charge in [0.05, 0.1) is 21.8 Å². The second kappa shape index (κ2) is 6.50. The molecule has 2 nitrogen and oxygen atoms in total. The number of hydrogen-bond donors (Lipinski definition) is 1. The number of benzene rings is 2. The molecule has 0 aliphatic heterocycles. The molecule has 112 valence electrons. The van der Waals surface area contributed by atoms with Crippen LogP contribution in [-0.2, 0) is 11.0 Å². The molecule has 0 aromatic heterocycles. The Bertz CT molecular complexity index is 605. The molecule has 2 rings (SSSR count). The third kappa shape index (κ3) is 4.22. The molecule has 21 heavy (non-hydrogen) atoms. The molecular weight excluding hydrogens is 285 g/mol. The maximum absolute atomic E-state index is 13.1. The zero-order valence-electron chi connectivity index (χ0n) is 12.5. The summed E-state index contributed by atoms with van der Waals surface area (Å²) in [5, 5.41) is 0. The fraction of sp³-hybridized carbons (Fsp3) is 0.294. The normalized spacial score (nSPS) is 14.7. The van der Waals surface area contributed by atoms with E-state index in [1.165, 1.54) is 12.1 Å². The average Bonchev–Trinajstić information content (AvgIpc) is 2.45. The minimum Gasteiger partial charge on any atom is -0.242 e. The molecule has 2 atom stereocenters. The molecule has 0 unspecified atom stereocenters. The van der Waals surface area contributed by atoms with E-state index in [1.54, 1.807) is 12.1 Å². The van der Waals surface area contributed by atoms with Crippen LogP contribution in [0.4, 0.5) is 4.39 Å². The number of rotatable bonds is 4. The van der Waals surface area contributed by atoms with E-state index in [1.807, 2.05) is 51.1 Å². The lowest BCUT2D eigenvalue weighted by molar-refractivity contribution is 0.618. The minimum absolute atomic E-state index is 0.230. The van der Waals surface area contributed by atoms with Gasteiger partial charge < -0.3 is 0 Å². The lowest BCUT2D eigenvalue weighted by Crippen LogP contribution is -2.36. The van der Waals surface area contributed by atoms with Gasteiger partial charge in [0.15, 0.2) is 0 Å². The first-order chi connectivity index (χ1) is 9.88. The second-order valence-electron chi connectivity index (χ2n) is 5.89. The van der Waals surface area contributed by atoms with Gasteiger partial charge in [-0.3, -0.25) is 0 Å². The summed E-state index contributed by atoms with van der Waals surface area (Å²) in [6.45, 7) is 5.76. The van der Waals surface area contributed by atoms with Gasteiger partial charge in [0.2, 0.25) is 0 Å². The molecule has 0 fully saturated rings. The number of nitrogens with one attached hydrogen (secondary N) is 1. The molecule has 0 aliphatic rings. The van der Waals surface area contributed by atoms with Gasteiger partial charge >= 0.3 is 0 Å². The van der Waals surface area contributed by atoms with E-state index < -0.39 is 11.0 Å². The SMILES string of the molecule is CC(C)(C)[S@@](=O)N[C@H](c1ccccc1)c1ccc(F)cc1. The summed E-state index contributed by atoms with van der Waals surface area (Å²) in [6.07, 6.45) is 0. The molecular formula is C17H20FNOS. The zero-order valence-corrected chi connectivity index (χ0v) is 13.3. The zero-order chi connectivity index (χ0) is 15.5. The van der Waals surface area contributed by atoms with E-state index in [0.717, 1.165) is 11.1 Å². The predicted molar refractivity (Wildman–Crippen MR) is 85.7 cm³/mol. The van der Waals surface area contributed by atoms with Crippen LogP contribution in [0.3, 0.4) is 0 Å². The summed E-state index contributed by atoms with van der Waals surface area (Å²) in [6, 6.07) is 15.8. The van der Waals surface area contributed by atoms with Crippen LogP contribution in [0.1, 0.15) is 37.9 Å². The van der Waals surface area contributed by atoms with Crippen LogP contribution in [0.5, 0.6) is 0 Å². The highest BCUT2D eigenvalue weighted by Gasteiger charge is 2.24. The highest BCUT2D eigenvalue weighted by atomic mass is 32.2. The monoisotopic (exact) mass is 305 g/mol. The quantitative estimate of drug-likeness (QED) is 0.910. The van der Waals surface area contributed by atoms with Crippen molar-refractivity contribution in [1.82, 2.24) is 4.72 Å². The van der Waals surface area contributed by atoms with Crippen molar-refractivity contribution in [3.63, 3.8) is 0 Å². The first kappa shape index (κ1) is 15.9. The molecule has 0 heterocycles. The summed E-state index contributed by atoms with van der Waals surface area (Å²) in [5.41, 5.74) is 1.89. The molecule has 1 N–H and O–H groups in total. The van der Waals surface area contributed by atoms with Crippen molar-refractivity contribution in [2.75, 3.05) is 0 Å². The standard InChI is InChI=1S/C17H20FNOS/c1-17(2,3)21(20)19-16(13-7-5-4-6-8-13)14-9-11-15(18)12-10-14/h4-12,16,19H,1-3H3/t16-,21-/m1/s1. The first-order valence-corrected chi connectivity index (χ1v) is 8.01. The number of hydrogen-bond acceptors (Lipinski definition) is 1. The molecule has 0 amide bonds. The van der Waals surface area contributed by atoms with Crippen molar-refractivity contribution >= 4 is 11.0 Å². The van der Waals surface area contributed by atoms with E-state index in [0.29, 0.717) is 0 Å². The molecule has 0 saturated carbocycles. The minimum atomic E-state index is -1.22. The highest BCUT2D eigenvalue weighted by Crippen LogP contribution is 2.24. The van der Waals surface area contributed by atoms with E-state index >= 15 is 0 Å². The van der Waals surface area contributed by atoms with Gasteiger partial charge in [0, 0.05) is 0 Å². The van der Waals surface area contributed by atoms with Crippen LogP contribution in [0.25, 0.3) is 0 Å². The molecule has 2 aromatic rings. The molecule has 0 saturated heterocycles. The van der Waals surface area contributed by atoms with Crippen molar-refractivity contribution < 1.29 is 8.60 Å². The Hall–Kier alpha value is -1.52. The maximum Gasteiger partial charge on any atom is 0.123 e. The lowest BCUT2D eigenvalue weighted by atomic mass is 10.00.